The monoisotopic (exact) mass is 464 g/mol. The number of rotatable bonds is 3. The number of fused-ring (bicyclic) bond motifs is 2. The van der Waals surface area contributed by atoms with Gasteiger partial charge in [-0.05, 0) is 74.4 Å². The van der Waals surface area contributed by atoms with E-state index in [4.69, 9.17) is 9.47 Å². The minimum atomic E-state index is -0.708. The number of benzene rings is 2. The molecule has 2 unspecified atom stereocenters. The van der Waals surface area contributed by atoms with Gasteiger partial charge >= 0.3 is 12.1 Å². The van der Waals surface area contributed by atoms with Crippen LogP contribution in [-0.2, 0) is 33.7 Å². The van der Waals surface area contributed by atoms with Gasteiger partial charge in [0, 0.05) is 6.42 Å². The van der Waals surface area contributed by atoms with E-state index in [1.807, 2.05) is 18.2 Å². The number of esters is 1. The lowest BCUT2D eigenvalue weighted by atomic mass is 9.87. The Balaban J connectivity index is 1.62. The zero-order chi connectivity index (χ0) is 24.5. The molecule has 1 aliphatic heterocycles. The molecule has 7 nitrogen and oxygen atoms in total. The number of amides is 2. The summed E-state index contributed by atoms with van der Waals surface area (Å²) in [6, 6.07) is 12.7. The third-order valence-electron chi connectivity index (χ3n) is 6.37. The second-order valence-electron chi connectivity index (χ2n) is 9.96. The summed E-state index contributed by atoms with van der Waals surface area (Å²) in [7, 11) is 1.33. The molecule has 180 valence electrons. The molecule has 7 heteroatoms. The molecule has 0 bridgehead atoms. The van der Waals surface area contributed by atoms with Crippen molar-refractivity contribution in [2.75, 3.05) is 7.11 Å². The molecule has 2 atom stereocenters. The molecule has 2 aromatic rings. The minimum absolute atomic E-state index is 0.0824. The lowest BCUT2D eigenvalue weighted by Crippen LogP contribution is -2.54. The number of nitrogens with zero attached hydrogens (tertiary/aromatic N) is 1. The summed E-state index contributed by atoms with van der Waals surface area (Å²) in [4.78, 5) is 40.2. The van der Waals surface area contributed by atoms with Crippen LogP contribution in [0.5, 0.6) is 0 Å². The van der Waals surface area contributed by atoms with Crippen LogP contribution in [0.25, 0.3) is 0 Å². The first kappa shape index (κ1) is 23.8. The third kappa shape index (κ3) is 5.08. The molecular weight excluding hydrogens is 432 g/mol. The summed E-state index contributed by atoms with van der Waals surface area (Å²) in [5.41, 5.74) is 3.84. The molecule has 2 aromatic carbocycles. The second-order valence-corrected chi connectivity index (χ2v) is 9.96. The number of carbonyl (C=O) groups excluding carboxylic acids is 3. The zero-order valence-electron chi connectivity index (χ0n) is 20.2. The number of carbonyl (C=O) groups is 3. The molecule has 1 aliphatic carbocycles. The van der Waals surface area contributed by atoms with Gasteiger partial charge in [0.05, 0.1) is 25.3 Å². The lowest BCUT2D eigenvalue weighted by molar-refractivity contribution is -0.128. The molecule has 2 aliphatic rings. The summed E-state index contributed by atoms with van der Waals surface area (Å²) >= 11 is 0. The van der Waals surface area contributed by atoms with Crippen LogP contribution in [-0.4, -0.2) is 41.6 Å². The van der Waals surface area contributed by atoms with Gasteiger partial charge in [0.1, 0.15) is 11.6 Å². The van der Waals surface area contributed by atoms with E-state index < -0.39 is 23.7 Å². The van der Waals surface area contributed by atoms with Gasteiger partial charge < -0.3 is 14.8 Å². The first-order chi connectivity index (χ1) is 16.2. The van der Waals surface area contributed by atoms with E-state index in [2.05, 4.69) is 17.4 Å². The standard InChI is InChI=1S/C27H32N2O5/c1-27(2,3)34-26(32)29-16-20-14-19(25(31)33-4)13-12-18(20)15-23(29)24(30)28-22-11-7-9-17-8-5-6-10-21(17)22/h5-6,8,10,12-14,22-23H,7,9,11,15-16H2,1-4H3,(H,28,30). The van der Waals surface area contributed by atoms with E-state index in [0.717, 1.165) is 36.0 Å². The average Bonchev–Trinajstić information content (AvgIpc) is 2.81. The van der Waals surface area contributed by atoms with E-state index >= 15 is 0 Å². The lowest BCUT2D eigenvalue weighted by Gasteiger charge is -2.38. The average molecular weight is 465 g/mol. The maximum atomic E-state index is 13.6. The third-order valence-corrected chi connectivity index (χ3v) is 6.37. The SMILES string of the molecule is COC(=O)c1ccc2c(c1)CN(C(=O)OC(C)(C)C)C(C(=O)NC1CCCc3ccccc31)C2. The van der Waals surface area contributed by atoms with Crippen molar-refractivity contribution < 1.29 is 23.9 Å². The van der Waals surface area contributed by atoms with Gasteiger partial charge in [-0.2, -0.15) is 0 Å². The highest BCUT2D eigenvalue weighted by atomic mass is 16.6. The highest BCUT2D eigenvalue weighted by Gasteiger charge is 2.38. The molecule has 0 radical (unpaired) electrons. The predicted molar refractivity (Wildman–Crippen MR) is 127 cm³/mol. The van der Waals surface area contributed by atoms with E-state index in [1.54, 1.807) is 32.9 Å². The fraction of sp³-hybridized carbons (Fsp3) is 0.444. The Morgan fingerprint density at radius 2 is 1.79 bits per heavy atom. The highest BCUT2D eigenvalue weighted by Crippen LogP contribution is 2.31. The van der Waals surface area contributed by atoms with Crippen molar-refractivity contribution in [3.05, 3.63) is 70.3 Å². The predicted octanol–water partition coefficient (Wildman–Crippen LogP) is 4.33. The van der Waals surface area contributed by atoms with E-state index in [-0.39, 0.29) is 18.5 Å². The summed E-state index contributed by atoms with van der Waals surface area (Å²) in [6.07, 6.45) is 2.66. The molecule has 0 spiro atoms. The second kappa shape index (κ2) is 9.49. The molecule has 4 rings (SSSR count). The molecular formula is C27H32N2O5. The highest BCUT2D eigenvalue weighted by molar-refractivity contribution is 5.90. The van der Waals surface area contributed by atoms with E-state index in [0.29, 0.717) is 12.0 Å². The summed E-state index contributed by atoms with van der Waals surface area (Å²) in [6.45, 7) is 5.57. The Kier molecular flexibility index (Phi) is 6.64. The van der Waals surface area contributed by atoms with Gasteiger partial charge in [-0.1, -0.05) is 30.3 Å². The Morgan fingerprint density at radius 3 is 2.53 bits per heavy atom. The zero-order valence-corrected chi connectivity index (χ0v) is 20.2. The molecule has 0 saturated heterocycles. The van der Waals surface area contributed by atoms with Crippen LogP contribution in [0, 0.1) is 0 Å². The van der Waals surface area contributed by atoms with E-state index in [1.165, 1.54) is 17.6 Å². The number of methoxy groups -OCH3 is 1. The van der Waals surface area contributed by atoms with Crippen LogP contribution in [0.4, 0.5) is 4.79 Å². The molecule has 0 fully saturated rings. The molecule has 1 N–H and O–H groups in total. The summed E-state index contributed by atoms with van der Waals surface area (Å²) < 4.78 is 10.5. The Morgan fingerprint density at radius 1 is 1.03 bits per heavy atom. The molecule has 2 amide bonds. The van der Waals surface area contributed by atoms with E-state index in [9.17, 15) is 14.4 Å². The van der Waals surface area contributed by atoms with Crippen molar-refractivity contribution in [1.29, 1.82) is 0 Å². The van der Waals surface area contributed by atoms with Crippen molar-refractivity contribution in [2.24, 2.45) is 0 Å². The Hall–Kier alpha value is -3.35. The number of ether oxygens (including phenoxy) is 2. The van der Waals surface area contributed by atoms with Gasteiger partial charge in [0.25, 0.3) is 0 Å². The van der Waals surface area contributed by atoms with Crippen molar-refractivity contribution in [3.8, 4) is 0 Å². The summed E-state index contributed by atoms with van der Waals surface area (Å²) in [5, 5.41) is 3.20. The Labute approximate surface area is 200 Å². The van der Waals surface area contributed by atoms with Crippen LogP contribution in [0.3, 0.4) is 0 Å². The topological polar surface area (TPSA) is 84.9 Å². The maximum absolute atomic E-state index is 13.6. The number of hydrogen-bond donors (Lipinski definition) is 1. The van der Waals surface area contributed by atoms with Crippen molar-refractivity contribution in [1.82, 2.24) is 10.2 Å². The van der Waals surface area contributed by atoms with Crippen LogP contribution in [0.1, 0.15) is 72.3 Å². The van der Waals surface area contributed by atoms with Gasteiger partial charge in [-0.25, -0.2) is 9.59 Å². The quantitative estimate of drug-likeness (QED) is 0.684. The minimum Gasteiger partial charge on any atom is -0.465 e. The van der Waals surface area contributed by atoms with Crippen LogP contribution < -0.4 is 5.32 Å². The van der Waals surface area contributed by atoms with Crippen molar-refractivity contribution in [2.45, 2.75) is 70.7 Å². The first-order valence-electron chi connectivity index (χ1n) is 11.7. The first-order valence-corrected chi connectivity index (χ1v) is 11.7. The van der Waals surface area contributed by atoms with Crippen LogP contribution >= 0.6 is 0 Å². The molecule has 34 heavy (non-hydrogen) atoms. The fourth-order valence-electron chi connectivity index (χ4n) is 4.75. The van der Waals surface area contributed by atoms with Crippen molar-refractivity contribution >= 4 is 18.0 Å². The van der Waals surface area contributed by atoms with Gasteiger partial charge in [-0.15, -0.1) is 0 Å². The van der Waals surface area contributed by atoms with Gasteiger partial charge in [-0.3, -0.25) is 9.69 Å². The van der Waals surface area contributed by atoms with Gasteiger partial charge in [0.2, 0.25) is 5.91 Å². The summed E-state index contributed by atoms with van der Waals surface area (Å²) in [5.74, 6) is -0.641. The number of nitrogens with one attached hydrogen (secondary N) is 1. The number of aryl methyl sites for hydroxylation is 1. The Bertz CT molecular complexity index is 1100. The molecule has 0 saturated carbocycles. The largest absolute Gasteiger partial charge is 0.465 e. The molecule has 1 heterocycles. The number of hydrogen-bond acceptors (Lipinski definition) is 5. The normalized spacial score (nSPS) is 19.5. The van der Waals surface area contributed by atoms with Gasteiger partial charge in [0.15, 0.2) is 0 Å². The van der Waals surface area contributed by atoms with Crippen molar-refractivity contribution in [3.63, 3.8) is 0 Å². The van der Waals surface area contributed by atoms with Crippen LogP contribution in [0.2, 0.25) is 0 Å². The molecule has 0 aromatic heterocycles. The maximum Gasteiger partial charge on any atom is 0.411 e. The van der Waals surface area contributed by atoms with Crippen LogP contribution in [0.15, 0.2) is 42.5 Å². The fourth-order valence-corrected chi connectivity index (χ4v) is 4.75. The smallest absolute Gasteiger partial charge is 0.411 e.